The molecule has 88 heavy (non-hydrogen) atoms. The molecule has 0 unspecified atom stereocenters. The van der Waals surface area contributed by atoms with E-state index in [2.05, 4.69) is 288 Å². The van der Waals surface area contributed by atoms with Gasteiger partial charge in [-0.2, -0.15) is 5.10 Å². The van der Waals surface area contributed by atoms with Gasteiger partial charge in [-0.05, 0) is 99.1 Å². The number of nitrogens with one attached hydrogen (secondary N) is 1. The van der Waals surface area contributed by atoms with E-state index in [0.717, 1.165) is 83.0 Å². The van der Waals surface area contributed by atoms with Crippen LogP contribution in [0.15, 0.2) is 182 Å². The molecular weight excluding hydrogens is 1090 g/mol. The number of aliphatic imine (C=N–C) groups is 4. The van der Waals surface area contributed by atoms with E-state index in [0.29, 0.717) is 11.8 Å². The van der Waals surface area contributed by atoms with Crippen molar-refractivity contribution in [1.29, 1.82) is 0 Å². The van der Waals surface area contributed by atoms with Crippen molar-refractivity contribution in [3.63, 3.8) is 0 Å². The maximum Gasteiger partial charge on any atom is 0.218 e. The Morgan fingerprint density at radius 2 is 1.06 bits per heavy atom. The van der Waals surface area contributed by atoms with E-state index in [1.54, 1.807) is 49.1 Å². The largest absolute Gasteiger partial charge is 0.445 e. The number of H-pyrrole nitrogens is 1. The molecule has 1 N–H and O–H groups in total. The highest BCUT2D eigenvalue weighted by Gasteiger charge is 2.25. The zero-order chi connectivity index (χ0) is 67.9. The third kappa shape index (κ3) is 27.2. The van der Waals surface area contributed by atoms with Gasteiger partial charge in [0.2, 0.25) is 11.8 Å². The first kappa shape index (κ1) is 78.4. The molecule has 8 rings (SSSR count). The van der Waals surface area contributed by atoms with E-state index >= 15 is 0 Å². The van der Waals surface area contributed by atoms with Crippen LogP contribution in [0.5, 0.6) is 0 Å². The van der Waals surface area contributed by atoms with Gasteiger partial charge in [-0.25, -0.2) is 9.97 Å². The third-order valence-corrected chi connectivity index (χ3v) is 13.5. The van der Waals surface area contributed by atoms with Gasteiger partial charge in [0.25, 0.3) is 0 Å². The van der Waals surface area contributed by atoms with Crippen LogP contribution in [0.1, 0.15) is 218 Å². The molecule has 0 radical (unpaired) electrons. The van der Waals surface area contributed by atoms with Gasteiger partial charge in [0, 0.05) is 50.7 Å². The van der Waals surface area contributed by atoms with Crippen molar-refractivity contribution in [2.24, 2.45) is 41.6 Å². The van der Waals surface area contributed by atoms with Crippen LogP contribution in [-0.2, 0) is 21.7 Å². The second-order valence-corrected chi connectivity index (χ2v) is 29.6. The number of hydrogen-bond donors (Lipinski definition) is 1. The number of hydrogen-bond acceptors (Lipinski definition) is 11. The van der Waals surface area contributed by atoms with Gasteiger partial charge in [-0.3, -0.25) is 25.1 Å². The highest BCUT2D eigenvalue weighted by atomic mass is 16.5. The molecular formula is C76H113N9O3. The van der Waals surface area contributed by atoms with Crippen LogP contribution in [0.2, 0.25) is 0 Å². The van der Waals surface area contributed by atoms with Crippen molar-refractivity contribution in [2.45, 2.75) is 194 Å². The van der Waals surface area contributed by atoms with Crippen molar-refractivity contribution in [3.05, 3.63) is 194 Å². The van der Waals surface area contributed by atoms with Crippen LogP contribution in [0, 0.1) is 21.7 Å². The summed E-state index contributed by atoms with van der Waals surface area (Å²) in [7, 11) is 0. The highest BCUT2D eigenvalue weighted by molar-refractivity contribution is 6.10. The topological polar surface area (TPSA) is 156 Å². The monoisotopic (exact) mass is 1200 g/mol. The Bertz CT molecular complexity index is 3040. The van der Waals surface area contributed by atoms with Crippen LogP contribution in [0.25, 0.3) is 24.3 Å². The predicted molar refractivity (Wildman–Crippen MR) is 383 cm³/mol. The summed E-state index contributed by atoms with van der Waals surface area (Å²) in [6, 6.07) is 2.02. The summed E-state index contributed by atoms with van der Waals surface area (Å²) in [6.07, 6.45) is 28.7. The Balaban J connectivity index is 0.000000503. The lowest BCUT2D eigenvalue weighted by Crippen LogP contribution is -2.14. The number of allylic oxidation sites excluding steroid dienone is 9. The minimum Gasteiger partial charge on any atom is -0.445 e. The summed E-state index contributed by atoms with van der Waals surface area (Å²) in [5, 5.41) is 10.8. The summed E-state index contributed by atoms with van der Waals surface area (Å²) in [6.45, 7) is 83.5. The molecule has 0 amide bonds. The van der Waals surface area contributed by atoms with Crippen molar-refractivity contribution < 1.29 is 13.4 Å². The van der Waals surface area contributed by atoms with Crippen molar-refractivity contribution in [2.75, 3.05) is 19.6 Å². The molecule has 0 saturated carbocycles. The molecule has 4 aromatic rings. The van der Waals surface area contributed by atoms with Gasteiger partial charge < -0.3 is 13.4 Å². The molecule has 480 valence electrons. The molecule has 0 aliphatic carbocycles. The molecule has 8 heterocycles. The molecule has 12 heteroatoms. The number of rotatable bonds is 8. The fourth-order valence-electron chi connectivity index (χ4n) is 7.89. The number of oxazole rings is 2. The molecule has 0 atom stereocenters. The Morgan fingerprint density at radius 1 is 0.511 bits per heavy atom. The average molecular weight is 1200 g/mol. The van der Waals surface area contributed by atoms with Crippen molar-refractivity contribution in [1.82, 2.24) is 25.3 Å². The molecule has 12 nitrogen and oxygen atoms in total. The smallest absolute Gasteiger partial charge is 0.218 e. The number of aromatic nitrogens is 5. The summed E-state index contributed by atoms with van der Waals surface area (Å²) in [5.41, 5.74) is 15.7. The zero-order valence-electron chi connectivity index (χ0n) is 59.0. The lowest BCUT2D eigenvalue weighted by Gasteiger charge is -2.20. The van der Waals surface area contributed by atoms with Crippen LogP contribution >= 0.6 is 0 Å². The summed E-state index contributed by atoms with van der Waals surface area (Å²) in [5.74, 6) is 2.08. The Labute approximate surface area is 533 Å². The van der Waals surface area contributed by atoms with E-state index in [1.807, 2.05) is 24.3 Å². The van der Waals surface area contributed by atoms with Gasteiger partial charge in [-0.15, -0.1) is 0 Å². The molecule has 0 aromatic carbocycles. The Hall–Kier alpha value is -7.60. The van der Waals surface area contributed by atoms with Gasteiger partial charge in [0.05, 0.1) is 54.4 Å². The van der Waals surface area contributed by atoms with Crippen LogP contribution in [-0.4, -0.2) is 67.8 Å². The molecule has 0 saturated heterocycles. The van der Waals surface area contributed by atoms with Gasteiger partial charge in [-0.1, -0.05) is 242 Å². The average Bonchev–Trinajstić information content (AvgIpc) is 4.49. The van der Waals surface area contributed by atoms with Gasteiger partial charge in [0.15, 0.2) is 0 Å². The molecule has 4 aromatic heterocycles. The van der Waals surface area contributed by atoms with Crippen LogP contribution in [0.3, 0.4) is 0 Å². The second kappa shape index (κ2) is 33.7. The summed E-state index contributed by atoms with van der Waals surface area (Å²) >= 11 is 0. The van der Waals surface area contributed by atoms with E-state index in [4.69, 9.17) is 13.4 Å². The van der Waals surface area contributed by atoms with E-state index in [-0.39, 0.29) is 43.3 Å². The predicted octanol–water partition coefficient (Wildman–Crippen LogP) is 20.9. The minimum atomic E-state index is 0.0360. The molecule has 0 bridgehead atoms. The lowest BCUT2D eigenvalue weighted by atomic mass is 9.84. The quantitative estimate of drug-likeness (QED) is 0.184. The number of nitrogens with zero attached hydrogens (tertiary/aromatic N) is 8. The SMILES string of the molecule is C=CC1=NC(C(C)(C)C)=CC1.C=CC1=NCC(C(C)(C)C)=C1.C=CC1=NCC=C1C(C)(C)C.C=CC1=NCC=C1C(C)(C)C.C=Cc1cc(C(C)(C)C)[nH]n1.C=Cc1nc(C(C)(C)C)co1.C=Cc1ncc(C(C)(C)C)o1.C=Cc1nocc1C(C)(C)C. The standard InChI is InChI=1S/4C10H15N.C9H14N2.3C9H13NO/c1-5-9-6-8(7-11-9)10(2,3)4;2*1-5-9-8(6-7-11-9)10(2,3)4;1-5-8-6-7-9(11-8)10(2,3)4;1-5-7-6-8(11-10-7)9(2,3)4;1-5-8-10-7(6-11-8)9(2,3)4;1-5-8-10-6-7(11-8)9(2,3)4;1-5-8-7(6-11-10-8)9(2,3)4/h3*5-6H,1,7H2,2-4H3;5,7H,1,6H2,2-4H3;5-6H,1H2,2-4H3,(H,10,11);3*5-6H,1H2,2-4H3. The van der Waals surface area contributed by atoms with Crippen molar-refractivity contribution >= 4 is 47.2 Å². The maximum absolute atomic E-state index is 5.37. The maximum atomic E-state index is 5.37. The van der Waals surface area contributed by atoms with E-state index in [1.165, 1.54) is 22.4 Å². The van der Waals surface area contributed by atoms with E-state index in [9.17, 15) is 0 Å². The first-order valence-corrected chi connectivity index (χ1v) is 30.3. The lowest BCUT2D eigenvalue weighted by molar-refractivity contribution is 0.403. The first-order valence-electron chi connectivity index (χ1n) is 30.3. The zero-order valence-corrected chi connectivity index (χ0v) is 59.0. The highest BCUT2D eigenvalue weighted by Crippen LogP contribution is 2.33. The summed E-state index contributed by atoms with van der Waals surface area (Å²) < 4.78 is 15.3. The van der Waals surface area contributed by atoms with Gasteiger partial charge in [0.1, 0.15) is 24.0 Å². The fraction of sp³-hybridized carbons (Fsp3) is 0.474. The third-order valence-electron chi connectivity index (χ3n) is 13.5. The second-order valence-electron chi connectivity index (χ2n) is 29.6. The Kier molecular flexibility index (Phi) is 30.0. The first-order chi connectivity index (χ1) is 40.3. The normalized spacial score (nSPS) is 14.6. The van der Waals surface area contributed by atoms with Crippen molar-refractivity contribution in [3.8, 4) is 0 Å². The molecule has 0 fully saturated rings. The van der Waals surface area contributed by atoms with Crippen LogP contribution < -0.4 is 0 Å². The number of aromatic amines is 1. The van der Waals surface area contributed by atoms with Gasteiger partial charge >= 0.3 is 0 Å². The molecule has 4 aliphatic heterocycles. The minimum absolute atomic E-state index is 0.0360. The Morgan fingerprint density at radius 3 is 1.32 bits per heavy atom. The fourth-order valence-corrected chi connectivity index (χ4v) is 7.89. The van der Waals surface area contributed by atoms with E-state index < -0.39 is 0 Å². The van der Waals surface area contributed by atoms with Crippen LogP contribution in [0.4, 0.5) is 0 Å². The molecule has 0 spiro atoms. The summed E-state index contributed by atoms with van der Waals surface area (Å²) in [4.78, 5) is 25.6. The molecule has 4 aliphatic rings.